The largest absolute Gasteiger partial charge is 0.485 e. The molecule has 1 aliphatic heterocycles. The summed E-state index contributed by atoms with van der Waals surface area (Å²) in [6, 6.07) is 7.19. The van der Waals surface area contributed by atoms with Crippen LogP contribution in [0.2, 0.25) is 0 Å². The van der Waals surface area contributed by atoms with Crippen LogP contribution in [0.4, 0.5) is 0 Å². The number of carbonyl (C=O) groups is 1. The zero-order valence-electron chi connectivity index (χ0n) is 12.1. The molecule has 0 saturated heterocycles. The molecule has 8 heteroatoms. The summed E-state index contributed by atoms with van der Waals surface area (Å²) in [5.74, 6) is 1.16. The third-order valence-corrected chi connectivity index (χ3v) is 3.16. The number of rotatable bonds is 5. The molecule has 0 spiro atoms. The third-order valence-electron chi connectivity index (χ3n) is 3.16. The molecule has 0 saturated carbocycles. The average Bonchev–Trinajstić information content (AvgIpc) is 3.00. The molecule has 0 unspecified atom stereocenters. The quantitative estimate of drug-likeness (QED) is 0.760. The fourth-order valence-electron chi connectivity index (χ4n) is 2.08. The molecule has 0 radical (unpaired) electrons. The van der Waals surface area contributed by atoms with E-state index in [4.69, 9.17) is 14.2 Å². The number of ether oxygens (including phenoxy) is 3. The number of tetrazole rings is 1. The van der Waals surface area contributed by atoms with E-state index in [9.17, 15) is 4.79 Å². The van der Waals surface area contributed by atoms with Crippen LogP contribution >= 0.6 is 0 Å². The van der Waals surface area contributed by atoms with Crippen LogP contribution < -0.4 is 9.47 Å². The van der Waals surface area contributed by atoms with Gasteiger partial charge in [0.1, 0.15) is 6.61 Å². The van der Waals surface area contributed by atoms with Gasteiger partial charge in [-0.15, -0.1) is 5.10 Å². The summed E-state index contributed by atoms with van der Waals surface area (Å²) in [6.45, 7) is 2.82. The molecule has 0 bridgehead atoms. The van der Waals surface area contributed by atoms with Crippen LogP contribution in [0.25, 0.3) is 0 Å². The van der Waals surface area contributed by atoms with Gasteiger partial charge in [-0.1, -0.05) is 19.1 Å². The Morgan fingerprint density at radius 2 is 2.23 bits per heavy atom. The Kier molecular flexibility index (Phi) is 4.17. The first-order valence-electron chi connectivity index (χ1n) is 7.08. The van der Waals surface area contributed by atoms with Gasteiger partial charge in [-0.2, -0.15) is 0 Å². The Morgan fingerprint density at radius 3 is 3.05 bits per heavy atom. The van der Waals surface area contributed by atoms with Crippen molar-refractivity contribution >= 4 is 5.97 Å². The second kappa shape index (κ2) is 6.42. The van der Waals surface area contributed by atoms with E-state index >= 15 is 0 Å². The van der Waals surface area contributed by atoms with Crippen molar-refractivity contribution in [2.45, 2.75) is 32.6 Å². The Morgan fingerprint density at radius 1 is 1.41 bits per heavy atom. The highest BCUT2D eigenvalue weighted by molar-refractivity contribution is 5.75. The highest BCUT2D eigenvalue weighted by Gasteiger charge is 2.29. The van der Waals surface area contributed by atoms with Crippen molar-refractivity contribution in [2.75, 3.05) is 6.61 Å². The van der Waals surface area contributed by atoms with Crippen molar-refractivity contribution in [3.05, 3.63) is 30.1 Å². The van der Waals surface area contributed by atoms with Gasteiger partial charge in [0.25, 0.3) is 0 Å². The summed E-state index contributed by atoms with van der Waals surface area (Å²) < 4.78 is 17.9. The lowest BCUT2D eigenvalue weighted by Crippen LogP contribution is -2.37. The van der Waals surface area contributed by atoms with Crippen molar-refractivity contribution in [1.29, 1.82) is 0 Å². The van der Waals surface area contributed by atoms with E-state index in [0.717, 1.165) is 6.42 Å². The van der Waals surface area contributed by atoms with Crippen LogP contribution in [-0.2, 0) is 22.7 Å². The summed E-state index contributed by atoms with van der Waals surface area (Å²) >= 11 is 0. The van der Waals surface area contributed by atoms with Crippen molar-refractivity contribution < 1.29 is 19.0 Å². The molecule has 116 valence electrons. The standard InChI is InChI=1S/C14H16N4O4/c1-2-7-18-13(15-16-17-18)9-21-14(19)12-8-20-10-5-3-4-6-11(10)22-12/h3-6,12H,2,7-9H2,1H3/t12-/m0/s1. The lowest BCUT2D eigenvalue weighted by Gasteiger charge is -2.24. The maximum atomic E-state index is 12.1. The molecule has 1 aromatic heterocycles. The molecular formula is C14H16N4O4. The number of aromatic nitrogens is 4. The van der Waals surface area contributed by atoms with E-state index in [1.165, 1.54) is 0 Å². The summed E-state index contributed by atoms with van der Waals surface area (Å²) in [7, 11) is 0. The number of esters is 1. The summed E-state index contributed by atoms with van der Waals surface area (Å²) in [5, 5.41) is 11.3. The maximum absolute atomic E-state index is 12.1. The molecule has 0 amide bonds. The van der Waals surface area contributed by atoms with Crippen molar-refractivity contribution in [3.63, 3.8) is 0 Å². The lowest BCUT2D eigenvalue weighted by molar-refractivity contribution is -0.156. The minimum Gasteiger partial charge on any atom is -0.485 e. The molecule has 1 aromatic carbocycles. The predicted octanol–water partition coefficient (Wildman–Crippen LogP) is 0.966. The summed E-state index contributed by atoms with van der Waals surface area (Å²) in [6.07, 6.45) is 0.105. The van der Waals surface area contributed by atoms with Gasteiger partial charge in [0, 0.05) is 6.54 Å². The van der Waals surface area contributed by atoms with Crippen molar-refractivity contribution in [3.8, 4) is 11.5 Å². The van der Waals surface area contributed by atoms with Gasteiger partial charge in [-0.05, 0) is 29.0 Å². The summed E-state index contributed by atoms with van der Waals surface area (Å²) in [5.41, 5.74) is 0. The minimum atomic E-state index is -0.787. The Hall–Kier alpha value is -2.64. The third kappa shape index (κ3) is 3.00. The van der Waals surface area contributed by atoms with E-state index in [2.05, 4.69) is 15.5 Å². The summed E-state index contributed by atoms with van der Waals surface area (Å²) in [4.78, 5) is 12.1. The van der Waals surface area contributed by atoms with Crippen molar-refractivity contribution in [1.82, 2.24) is 20.2 Å². The fourth-order valence-corrected chi connectivity index (χ4v) is 2.08. The van der Waals surface area contributed by atoms with Crippen LogP contribution in [0.15, 0.2) is 24.3 Å². The Labute approximate surface area is 127 Å². The normalized spacial score (nSPS) is 16.3. The number of fused-ring (bicyclic) bond motifs is 1. The second-order valence-electron chi connectivity index (χ2n) is 4.79. The molecule has 0 aliphatic carbocycles. The van der Waals surface area contributed by atoms with Gasteiger partial charge in [-0.3, -0.25) is 0 Å². The first-order chi connectivity index (χ1) is 10.8. The predicted molar refractivity (Wildman–Crippen MR) is 74.3 cm³/mol. The van der Waals surface area contributed by atoms with Gasteiger partial charge in [0.15, 0.2) is 23.9 Å². The van der Waals surface area contributed by atoms with Crippen LogP contribution in [0.3, 0.4) is 0 Å². The van der Waals surface area contributed by atoms with E-state index in [-0.39, 0.29) is 13.2 Å². The first-order valence-corrected chi connectivity index (χ1v) is 7.08. The van der Waals surface area contributed by atoms with Gasteiger partial charge in [0.05, 0.1) is 0 Å². The second-order valence-corrected chi connectivity index (χ2v) is 4.79. The molecule has 1 aliphatic rings. The van der Waals surface area contributed by atoms with Gasteiger partial charge in [0.2, 0.25) is 6.10 Å². The zero-order chi connectivity index (χ0) is 15.4. The number of hydrogen-bond acceptors (Lipinski definition) is 7. The lowest BCUT2D eigenvalue weighted by atomic mass is 10.2. The maximum Gasteiger partial charge on any atom is 0.351 e. The molecule has 8 nitrogen and oxygen atoms in total. The average molecular weight is 304 g/mol. The van der Waals surface area contributed by atoms with Crippen LogP contribution in [0.5, 0.6) is 11.5 Å². The topological polar surface area (TPSA) is 88.4 Å². The molecule has 3 rings (SSSR count). The number of hydrogen-bond donors (Lipinski definition) is 0. The molecule has 0 N–H and O–H groups in total. The van der Waals surface area contributed by atoms with Crippen LogP contribution in [0, 0.1) is 0 Å². The van der Waals surface area contributed by atoms with E-state index in [0.29, 0.717) is 23.9 Å². The molecule has 1 atom stereocenters. The monoisotopic (exact) mass is 304 g/mol. The highest BCUT2D eigenvalue weighted by atomic mass is 16.6. The zero-order valence-corrected chi connectivity index (χ0v) is 12.1. The number of para-hydroxylation sites is 2. The highest BCUT2D eigenvalue weighted by Crippen LogP contribution is 2.31. The van der Waals surface area contributed by atoms with Crippen LogP contribution in [0.1, 0.15) is 19.2 Å². The number of carbonyl (C=O) groups excluding carboxylic acids is 1. The van der Waals surface area contributed by atoms with E-state index in [1.54, 1.807) is 16.8 Å². The SMILES string of the molecule is CCCn1nnnc1COC(=O)[C@@H]1COc2ccccc2O1. The Balaban J connectivity index is 1.58. The molecular weight excluding hydrogens is 288 g/mol. The van der Waals surface area contributed by atoms with Gasteiger partial charge < -0.3 is 14.2 Å². The molecule has 2 heterocycles. The van der Waals surface area contributed by atoms with Gasteiger partial charge >= 0.3 is 5.97 Å². The molecule has 0 fully saturated rings. The minimum absolute atomic E-state index is 0.00728. The number of benzene rings is 1. The number of nitrogens with zero attached hydrogens (tertiary/aromatic N) is 4. The van der Waals surface area contributed by atoms with E-state index < -0.39 is 12.1 Å². The number of aryl methyl sites for hydroxylation is 1. The molecule has 22 heavy (non-hydrogen) atoms. The molecule has 2 aromatic rings. The van der Waals surface area contributed by atoms with Gasteiger partial charge in [-0.25, -0.2) is 9.48 Å². The van der Waals surface area contributed by atoms with Crippen LogP contribution in [-0.4, -0.2) is 38.9 Å². The smallest absolute Gasteiger partial charge is 0.351 e. The fraction of sp³-hybridized carbons (Fsp3) is 0.429. The van der Waals surface area contributed by atoms with E-state index in [1.807, 2.05) is 19.1 Å². The Bertz CT molecular complexity index is 658. The van der Waals surface area contributed by atoms with Crippen molar-refractivity contribution in [2.24, 2.45) is 0 Å². The first kappa shape index (κ1) is 14.3.